The lowest BCUT2D eigenvalue weighted by molar-refractivity contribution is -0.149. The molecule has 0 saturated carbocycles. The molecule has 0 radical (unpaired) electrons. The van der Waals surface area contributed by atoms with E-state index in [0.29, 0.717) is 0 Å². The van der Waals surface area contributed by atoms with Crippen LogP contribution >= 0.6 is 7.75 Å². The summed E-state index contributed by atoms with van der Waals surface area (Å²) in [6, 6.07) is 6.16. The number of ether oxygens (including phenoxy) is 2. The van der Waals surface area contributed by atoms with Crippen LogP contribution in [0.3, 0.4) is 0 Å². The van der Waals surface area contributed by atoms with E-state index in [9.17, 15) is 19.3 Å². The number of hydrogen-bond acceptors (Lipinski definition) is 12. The standard InChI is InChI=1S/C22H30N7O8P/c1-11(2)35-21(32)12(3)28-38(33,37-13-7-5-4-6-8-13)34-9-14-17(30)15(23)20(36-14)29-10-25-16-18(29)26-22(24)27-19(16)31/h4-8,10-12,14-15,17,20,30H,9,23H2,1-3H3,(H,28,33)(H3,24,26,27,31)/t12-,14+,15+,17+,20+,38-/m0/s1. The number of carbonyl (C=O) groups excluding carboxylic acids is 1. The maximum atomic E-state index is 13.7. The van der Waals surface area contributed by atoms with Gasteiger partial charge >= 0.3 is 13.7 Å². The highest BCUT2D eigenvalue weighted by molar-refractivity contribution is 7.52. The predicted molar refractivity (Wildman–Crippen MR) is 135 cm³/mol. The summed E-state index contributed by atoms with van der Waals surface area (Å²) in [5.74, 6) is -0.575. The number of nitrogen functional groups attached to an aromatic ring is 1. The Hall–Kier alpha value is -3.33. The fourth-order valence-electron chi connectivity index (χ4n) is 3.79. The summed E-state index contributed by atoms with van der Waals surface area (Å²) >= 11 is 0. The molecule has 1 aromatic carbocycles. The molecule has 0 spiro atoms. The molecule has 0 bridgehead atoms. The van der Waals surface area contributed by atoms with Gasteiger partial charge in [0.25, 0.3) is 5.56 Å². The van der Waals surface area contributed by atoms with Gasteiger partial charge in [0.05, 0.1) is 25.1 Å². The number of aromatic amines is 1. The monoisotopic (exact) mass is 551 g/mol. The van der Waals surface area contributed by atoms with Crippen LogP contribution < -0.4 is 26.6 Å². The van der Waals surface area contributed by atoms with Crippen LogP contribution in [-0.4, -0.2) is 67.6 Å². The highest BCUT2D eigenvalue weighted by Crippen LogP contribution is 2.46. The third-order valence-electron chi connectivity index (χ3n) is 5.58. The van der Waals surface area contributed by atoms with Gasteiger partial charge in [0.2, 0.25) is 5.95 Å². The van der Waals surface area contributed by atoms with Gasteiger partial charge in [-0.15, -0.1) is 0 Å². The average Bonchev–Trinajstić information content (AvgIpc) is 3.39. The van der Waals surface area contributed by atoms with Gasteiger partial charge in [0, 0.05) is 0 Å². The fraction of sp³-hybridized carbons (Fsp3) is 0.455. The maximum Gasteiger partial charge on any atom is 0.459 e. The van der Waals surface area contributed by atoms with E-state index in [1.54, 1.807) is 44.2 Å². The number of carbonyl (C=O) groups is 1. The van der Waals surface area contributed by atoms with E-state index in [1.165, 1.54) is 17.8 Å². The number of nitrogens with two attached hydrogens (primary N) is 2. The molecule has 3 heterocycles. The molecule has 1 aliphatic heterocycles. The van der Waals surface area contributed by atoms with Crippen LogP contribution in [0.1, 0.15) is 27.0 Å². The molecular weight excluding hydrogens is 521 g/mol. The number of esters is 1. The first-order chi connectivity index (χ1) is 18.0. The molecule has 0 aliphatic carbocycles. The van der Waals surface area contributed by atoms with Crippen LogP contribution in [-0.2, 0) is 23.4 Å². The summed E-state index contributed by atoms with van der Waals surface area (Å²) in [6.07, 6.45) is -2.44. The van der Waals surface area contributed by atoms with Crippen LogP contribution in [0, 0.1) is 0 Å². The number of rotatable bonds is 10. The minimum Gasteiger partial charge on any atom is -0.462 e. The number of aliphatic hydroxyl groups is 1. The minimum atomic E-state index is -4.20. The maximum absolute atomic E-state index is 13.7. The molecule has 7 N–H and O–H groups in total. The number of benzene rings is 1. The zero-order valence-electron chi connectivity index (χ0n) is 20.9. The lowest BCUT2D eigenvalue weighted by atomic mass is 10.1. The first kappa shape index (κ1) is 27.7. The topological polar surface area (TPSA) is 219 Å². The fourth-order valence-corrected chi connectivity index (χ4v) is 5.29. The average molecular weight is 551 g/mol. The zero-order chi connectivity index (χ0) is 27.6. The van der Waals surface area contributed by atoms with Gasteiger partial charge in [0.15, 0.2) is 17.4 Å². The molecule has 0 unspecified atom stereocenters. The first-order valence-electron chi connectivity index (χ1n) is 11.8. The largest absolute Gasteiger partial charge is 0.462 e. The molecule has 38 heavy (non-hydrogen) atoms. The second kappa shape index (κ2) is 11.2. The molecule has 206 valence electrons. The van der Waals surface area contributed by atoms with Crippen molar-refractivity contribution in [3.63, 3.8) is 0 Å². The zero-order valence-corrected chi connectivity index (χ0v) is 21.8. The van der Waals surface area contributed by atoms with Crippen molar-refractivity contribution in [3.05, 3.63) is 47.0 Å². The highest BCUT2D eigenvalue weighted by Gasteiger charge is 2.45. The number of nitrogens with one attached hydrogen (secondary N) is 2. The Kier molecular flexibility index (Phi) is 8.16. The Bertz CT molecular complexity index is 1380. The van der Waals surface area contributed by atoms with E-state index in [1.807, 2.05) is 0 Å². The normalized spacial score (nSPS) is 23.8. The van der Waals surface area contributed by atoms with Crippen LogP contribution in [0.4, 0.5) is 5.95 Å². The van der Waals surface area contributed by atoms with Crippen molar-refractivity contribution in [1.82, 2.24) is 24.6 Å². The Morgan fingerprint density at radius 2 is 2.03 bits per heavy atom. The van der Waals surface area contributed by atoms with E-state index >= 15 is 0 Å². The van der Waals surface area contributed by atoms with E-state index in [2.05, 4.69) is 20.0 Å². The number of aliphatic hydroxyl groups excluding tert-OH is 1. The quantitative estimate of drug-likeness (QED) is 0.171. The van der Waals surface area contributed by atoms with Crippen molar-refractivity contribution < 1.29 is 33.0 Å². The summed E-state index contributed by atoms with van der Waals surface area (Å²) in [5, 5.41) is 13.3. The number of fused-ring (bicyclic) bond motifs is 1. The molecular formula is C22H30N7O8P. The molecule has 1 aliphatic rings. The van der Waals surface area contributed by atoms with E-state index < -0.39 is 56.4 Å². The van der Waals surface area contributed by atoms with Gasteiger partial charge in [-0.3, -0.25) is 23.7 Å². The SMILES string of the molecule is CC(C)OC(=O)[C@H](C)N[P@](=O)(OC[C@H]1O[C@@H](n2cnc3c(=O)[nH]c(N)nc32)[C@H](N)[C@@H]1O)Oc1ccccc1. The Morgan fingerprint density at radius 1 is 1.32 bits per heavy atom. The van der Waals surface area contributed by atoms with Gasteiger partial charge in [-0.2, -0.15) is 10.1 Å². The van der Waals surface area contributed by atoms with Crippen molar-refractivity contribution in [3.8, 4) is 5.75 Å². The Morgan fingerprint density at radius 3 is 2.71 bits per heavy atom. The highest BCUT2D eigenvalue weighted by atomic mass is 31.2. The number of H-pyrrole nitrogens is 1. The molecule has 1 saturated heterocycles. The number of nitrogens with zero attached hydrogens (tertiary/aromatic N) is 3. The third kappa shape index (κ3) is 6.04. The minimum absolute atomic E-state index is 0.0106. The van der Waals surface area contributed by atoms with E-state index in [0.717, 1.165) is 0 Å². The van der Waals surface area contributed by atoms with Gasteiger partial charge < -0.3 is 30.6 Å². The van der Waals surface area contributed by atoms with Gasteiger partial charge in [-0.25, -0.2) is 9.55 Å². The van der Waals surface area contributed by atoms with E-state index in [4.69, 9.17) is 30.0 Å². The molecule has 16 heteroatoms. The summed E-state index contributed by atoms with van der Waals surface area (Å²) in [4.78, 5) is 34.9. The number of para-hydroxylation sites is 1. The van der Waals surface area contributed by atoms with Crippen LogP contribution in [0.15, 0.2) is 41.5 Å². The van der Waals surface area contributed by atoms with Crippen LogP contribution in [0.25, 0.3) is 11.2 Å². The van der Waals surface area contributed by atoms with Crippen molar-refractivity contribution in [2.24, 2.45) is 5.73 Å². The van der Waals surface area contributed by atoms with E-state index in [-0.39, 0.29) is 29.0 Å². The van der Waals surface area contributed by atoms with Gasteiger partial charge in [-0.1, -0.05) is 18.2 Å². The number of aromatic nitrogens is 4. The molecule has 4 rings (SSSR count). The number of anilines is 1. The smallest absolute Gasteiger partial charge is 0.459 e. The van der Waals surface area contributed by atoms with Crippen LogP contribution in [0.2, 0.25) is 0 Å². The van der Waals surface area contributed by atoms with Crippen molar-refractivity contribution >= 4 is 30.8 Å². The Labute approximate surface area is 217 Å². The first-order valence-corrected chi connectivity index (χ1v) is 13.3. The van der Waals surface area contributed by atoms with Gasteiger partial charge in [0.1, 0.15) is 24.0 Å². The second-order valence-corrected chi connectivity index (χ2v) is 10.6. The van der Waals surface area contributed by atoms with Gasteiger partial charge in [-0.05, 0) is 32.9 Å². The van der Waals surface area contributed by atoms with Crippen molar-refractivity contribution in [2.75, 3.05) is 12.3 Å². The molecule has 15 nitrogen and oxygen atoms in total. The number of imidazole rings is 1. The third-order valence-corrected chi connectivity index (χ3v) is 7.22. The lowest BCUT2D eigenvalue weighted by Gasteiger charge is -2.25. The molecule has 3 aromatic rings. The number of hydrogen-bond donors (Lipinski definition) is 5. The summed E-state index contributed by atoms with van der Waals surface area (Å²) in [7, 11) is -4.20. The summed E-state index contributed by atoms with van der Waals surface area (Å²) in [6.45, 7) is 4.38. The summed E-state index contributed by atoms with van der Waals surface area (Å²) < 4.78 is 37.3. The van der Waals surface area contributed by atoms with Crippen molar-refractivity contribution in [2.45, 2.75) is 57.4 Å². The predicted octanol–water partition coefficient (Wildman–Crippen LogP) is 0.421. The molecule has 0 amide bonds. The molecule has 2 aromatic heterocycles. The summed E-state index contributed by atoms with van der Waals surface area (Å²) in [5.41, 5.74) is 11.4. The van der Waals surface area contributed by atoms with Crippen LogP contribution in [0.5, 0.6) is 5.75 Å². The Balaban J connectivity index is 1.52. The molecule has 6 atom stereocenters. The lowest BCUT2D eigenvalue weighted by Crippen LogP contribution is -2.41. The molecule has 1 fully saturated rings. The van der Waals surface area contributed by atoms with Crippen molar-refractivity contribution in [1.29, 1.82) is 0 Å². The second-order valence-electron chi connectivity index (χ2n) is 8.94.